The zero-order valence-corrected chi connectivity index (χ0v) is 28.7. The Morgan fingerprint density at radius 3 is 2.31 bits per heavy atom. The normalized spacial score (nSPS) is 16.5. The number of hydrogen-bond acceptors (Lipinski definition) is 7. The number of amidine groups is 2. The summed E-state index contributed by atoms with van der Waals surface area (Å²) < 4.78 is 6.34. The molecule has 1 unspecified atom stereocenters. The lowest BCUT2D eigenvalue weighted by atomic mass is 10.1. The number of hydrogen-bond donors (Lipinski definition) is 3. The van der Waals surface area contributed by atoms with Gasteiger partial charge in [-0.1, -0.05) is 26.8 Å². The van der Waals surface area contributed by atoms with Crippen molar-refractivity contribution in [3.8, 4) is 0 Å². The minimum absolute atomic E-state index is 0.198. The molecule has 0 amide bonds. The maximum atomic E-state index is 8.93. The van der Waals surface area contributed by atoms with E-state index in [1.165, 1.54) is 0 Å². The first-order valence-corrected chi connectivity index (χ1v) is 16.2. The fourth-order valence-corrected chi connectivity index (χ4v) is 5.72. The molecule has 9 heteroatoms. The fourth-order valence-electron chi connectivity index (χ4n) is 5.27. The van der Waals surface area contributed by atoms with Crippen LogP contribution in [0.3, 0.4) is 0 Å². The van der Waals surface area contributed by atoms with Crippen LogP contribution >= 0.6 is 12.6 Å². The van der Waals surface area contributed by atoms with E-state index in [4.69, 9.17) is 28.5 Å². The minimum atomic E-state index is -0.509. The molecule has 2 rings (SSSR count). The number of nitrogens with one attached hydrogen (secondary N) is 1. The monoisotopic (exact) mass is 601 g/mol. The zero-order valence-electron chi connectivity index (χ0n) is 27.8. The van der Waals surface area contributed by atoms with Gasteiger partial charge in [0.2, 0.25) is 0 Å². The maximum absolute atomic E-state index is 8.93. The topological polar surface area (TPSA) is 84.4 Å². The van der Waals surface area contributed by atoms with E-state index in [0.717, 1.165) is 107 Å². The van der Waals surface area contributed by atoms with Crippen LogP contribution in [0, 0.1) is 5.41 Å². The first-order valence-electron chi connectivity index (χ1n) is 15.7. The first-order chi connectivity index (χ1) is 19.7. The van der Waals surface area contributed by atoms with Crippen LogP contribution in [0.25, 0.3) is 5.70 Å². The minimum Gasteiger partial charge on any atom is -0.387 e. The van der Waals surface area contributed by atoms with Gasteiger partial charge in [-0.2, -0.15) is 0 Å². The van der Waals surface area contributed by atoms with Crippen LogP contribution in [0.1, 0.15) is 85.6 Å². The largest absolute Gasteiger partial charge is 0.387 e. The Morgan fingerprint density at radius 1 is 1.10 bits per heavy atom. The van der Waals surface area contributed by atoms with Crippen LogP contribution in [0.15, 0.2) is 29.8 Å². The van der Waals surface area contributed by atoms with Gasteiger partial charge in [-0.3, -0.25) is 10.3 Å². The molecule has 1 aromatic rings. The predicted octanol–water partition coefficient (Wildman–Crippen LogP) is 6.45. The number of nitrogens with zero attached hydrogens (tertiary/aromatic N) is 5. The van der Waals surface area contributed by atoms with E-state index >= 15 is 0 Å². The Hall–Kier alpha value is -2.07. The molecular formula is C33H59N7OS. The molecule has 0 bridgehead atoms. The van der Waals surface area contributed by atoms with Crippen LogP contribution in [0.2, 0.25) is 0 Å². The van der Waals surface area contributed by atoms with Crippen LogP contribution in [0.4, 0.5) is 11.4 Å². The summed E-state index contributed by atoms with van der Waals surface area (Å²) in [5.74, 6) is 1.13. The van der Waals surface area contributed by atoms with Crippen molar-refractivity contribution in [2.24, 2.45) is 10.7 Å². The molecule has 1 atom stereocenters. The van der Waals surface area contributed by atoms with Gasteiger partial charge in [-0.05, 0) is 92.2 Å². The highest BCUT2D eigenvalue weighted by Crippen LogP contribution is 2.34. The number of anilines is 1. The van der Waals surface area contributed by atoms with Crippen molar-refractivity contribution in [2.75, 3.05) is 64.8 Å². The number of aliphatic imine (C=N–C) groups is 1. The van der Waals surface area contributed by atoms with E-state index in [-0.39, 0.29) is 5.60 Å². The summed E-state index contributed by atoms with van der Waals surface area (Å²) in [4.78, 5) is 13.3. The molecule has 1 fully saturated rings. The van der Waals surface area contributed by atoms with E-state index < -0.39 is 4.93 Å². The van der Waals surface area contributed by atoms with Crippen molar-refractivity contribution in [1.29, 1.82) is 5.41 Å². The lowest BCUT2D eigenvalue weighted by Gasteiger charge is -2.42. The van der Waals surface area contributed by atoms with Crippen molar-refractivity contribution in [3.05, 3.63) is 30.3 Å². The summed E-state index contributed by atoms with van der Waals surface area (Å²) in [6.07, 6.45) is 5.79. The molecule has 238 valence electrons. The molecule has 0 spiro atoms. The highest BCUT2D eigenvalue weighted by molar-refractivity contribution is 7.81. The first kappa shape index (κ1) is 36.1. The van der Waals surface area contributed by atoms with E-state index in [1.54, 1.807) is 0 Å². The van der Waals surface area contributed by atoms with Gasteiger partial charge in [0.1, 0.15) is 10.8 Å². The van der Waals surface area contributed by atoms with E-state index in [0.29, 0.717) is 11.7 Å². The highest BCUT2D eigenvalue weighted by atomic mass is 32.1. The molecule has 0 radical (unpaired) electrons. The van der Waals surface area contributed by atoms with Crippen molar-refractivity contribution >= 4 is 41.4 Å². The summed E-state index contributed by atoms with van der Waals surface area (Å²) in [7, 11) is 4.20. The molecule has 0 saturated carbocycles. The van der Waals surface area contributed by atoms with Crippen LogP contribution in [-0.4, -0.2) is 96.8 Å². The van der Waals surface area contributed by atoms with Gasteiger partial charge in [0.25, 0.3) is 0 Å². The van der Waals surface area contributed by atoms with Crippen molar-refractivity contribution in [3.63, 3.8) is 0 Å². The fraction of sp³-hybridized carbons (Fsp3) is 0.697. The van der Waals surface area contributed by atoms with Crippen LogP contribution in [-0.2, 0) is 4.74 Å². The number of nitrogens with two attached hydrogens (primary N) is 1. The summed E-state index contributed by atoms with van der Waals surface area (Å²) in [6, 6.07) is 6.37. The summed E-state index contributed by atoms with van der Waals surface area (Å²) in [5.41, 5.74) is 9.54. The molecule has 42 heavy (non-hydrogen) atoms. The van der Waals surface area contributed by atoms with Gasteiger partial charge in [0, 0.05) is 62.6 Å². The molecule has 1 saturated heterocycles. The van der Waals surface area contributed by atoms with Gasteiger partial charge in [-0.15, -0.1) is 12.6 Å². The van der Waals surface area contributed by atoms with Gasteiger partial charge >= 0.3 is 0 Å². The Bertz CT molecular complexity index is 1040. The molecule has 0 aliphatic carbocycles. The second kappa shape index (κ2) is 16.7. The molecule has 1 aliphatic rings. The maximum Gasteiger partial charge on any atom is 0.121 e. The SMILES string of the molecule is C=C(c1cc(N2CCN(CC(C)(S)OC(C)(C)CC)CC2)ccc1N=C(C)N)N(CCCCN(C)C)C(=N)CCCC. The van der Waals surface area contributed by atoms with E-state index in [1.807, 2.05) is 13.0 Å². The third-order valence-electron chi connectivity index (χ3n) is 7.85. The molecule has 1 heterocycles. The van der Waals surface area contributed by atoms with Crippen molar-refractivity contribution in [2.45, 2.75) is 90.6 Å². The van der Waals surface area contributed by atoms with Gasteiger partial charge in [0.15, 0.2) is 0 Å². The standard InChI is InChI=1S/C33H59N7OS/c1-10-12-15-31(35)40(19-14-13-18-37(8)9)26(3)29-24-28(16-17-30(29)36-27(4)34)39-22-20-38(21-23-39)25-33(7,42)41-32(5,6)11-2/h16-17,24,35,42H,3,10-15,18-23,25H2,1-2,4-9H3,(H2,34,36). The Kier molecular flexibility index (Phi) is 14.4. The molecule has 1 aliphatic heterocycles. The number of rotatable bonds is 17. The van der Waals surface area contributed by atoms with E-state index in [2.05, 4.69) is 92.0 Å². The number of unbranched alkanes of at least 4 members (excludes halogenated alkanes) is 2. The van der Waals surface area contributed by atoms with Gasteiger partial charge in [0.05, 0.1) is 17.1 Å². The van der Waals surface area contributed by atoms with Crippen LogP contribution in [0.5, 0.6) is 0 Å². The Labute approximate surface area is 262 Å². The van der Waals surface area contributed by atoms with Crippen LogP contribution < -0.4 is 10.6 Å². The molecule has 0 aromatic heterocycles. The zero-order chi connectivity index (χ0) is 31.5. The molecular weight excluding hydrogens is 542 g/mol. The van der Waals surface area contributed by atoms with Crippen molar-refractivity contribution in [1.82, 2.24) is 14.7 Å². The summed E-state index contributed by atoms with van der Waals surface area (Å²) in [5, 5.41) is 8.93. The highest BCUT2D eigenvalue weighted by Gasteiger charge is 2.32. The summed E-state index contributed by atoms with van der Waals surface area (Å²) in [6.45, 7) is 23.2. The second-order valence-corrected chi connectivity index (χ2v) is 13.7. The average molecular weight is 602 g/mol. The van der Waals surface area contributed by atoms with Gasteiger partial charge in [-0.25, -0.2) is 4.99 Å². The number of benzene rings is 1. The molecule has 1 aromatic carbocycles. The third kappa shape index (κ3) is 11.9. The number of piperazine rings is 1. The second-order valence-electron chi connectivity index (χ2n) is 12.8. The lowest BCUT2D eigenvalue weighted by Crippen LogP contribution is -2.51. The summed E-state index contributed by atoms with van der Waals surface area (Å²) >= 11 is 4.87. The third-order valence-corrected chi connectivity index (χ3v) is 8.08. The lowest BCUT2D eigenvalue weighted by molar-refractivity contribution is -0.0941. The molecule has 8 nitrogen and oxygen atoms in total. The Morgan fingerprint density at radius 2 is 1.74 bits per heavy atom. The Balaban J connectivity index is 2.25. The quantitative estimate of drug-likeness (QED) is 0.0626. The number of thiol groups is 1. The average Bonchev–Trinajstić information content (AvgIpc) is 2.90. The smallest absolute Gasteiger partial charge is 0.121 e. The van der Waals surface area contributed by atoms with Gasteiger partial charge < -0.3 is 25.2 Å². The number of ether oxygens (including phenoxy) is 1. The van der Waals surface area contributed by atoms with Crippen molar-refractivity contribution < 1.29 is 4.74 Å². The molecule has 3 N–H and O–H groups in total. The predicted molar refractivity (Wildman–Crippen MR) is 186 cm³/mol. The van der Waals surface area contributed by atoms with E-state index in [9.17, 15) is 0 Å².